The predicted molar refractivity (Wildman–Crippen MR) is 125 cm³/mol. The maximum absolute atomic E-state index is 12.6. The number of hydrogen-bond acceptors (Lipinski definition) is 5. The highest BCUT2D eigenvalue weighted by atomic mass is 35.5. The van der Waals surface area contributed by atoms with Gasteiger partial charge in [0.15, 0.2) is 0 Å². The number of amides is 1. The van der Waals surface area contributed by atoms with Gasteiger partial charge in [-0.2, -0.15) is 5.26 Å². The largest absolute Gasteiger partial charge is 0.325 e. The van der Waals surface area contributed by atoms with Gasteiger partial charge in [0, 0.05) is 22.2 Å². The van der Waals surface area contributed by atoms with Crippen LogP contribution in [0, 0.1) is 11.3 Å². The van der Waals surface area contributed by atoms with Gasteiger partial charge in [0.05, 0.1) is 22.3 Å². The molecule has 0 saturated heterocycles. The third-order valence-electron chi connectivity index (χ3n) is 4.11. The first-order valence-electron chi connectivity index (χ1n) is 9.11. The summed E-state index contributed by atoms with van der Waals surface area (Å²) in [5, 5.41) is 12.0. The lowest BCUT2D eigenvalue weighted by molar-refractivity contribution is -0.113. The number of anilines is 2. The van der Waals surface area contributed by atoms with Crippen molar-refractivity contribution in [2.75, 3.05) is 15.8 Å². The smallest absolute Gasteiger partial charge is 0.261 e. The van der Waals surface area contributed by atoms with Crippen molar-refractivity contribution in [3.63, 3.8) is 0 Å². The van der Waals surface area contributed by atoms with Crippen molar-refractivity contribution >= 4 is 50.7 Å². The fourth-order valence-electron chi connectivity index (χ4n) is 2.61. The van der Waals surface area contributed by atoms with Gasteiger partial charge >= 0.3 is 0 Å². The zero-order chi connectivity index (χ0) is 22.3. The third kappa shape index (κ3) is 6.76. The Hall–Kier alpha value is -2.99. The van der Waals surface area contributed by atoms with Gasteiger partial charge in [-0.25, -0.2) is 8.42 Å². The molecule has 0 atom stereocenters. The molecule has 0 radical (unpaired) electrons. The van der Waals surface area contributed by atoms with Crippen molar-refractivity contribution in [3.05, 3.63) is 88.9 Å². The van der Waals surface area contributed by atoms with E-state index in [4.69, 9.17) is 16.9 Å². The standard InChI is InChI=1S/C22H18ClN3O3S2/c23-18-8-10-19(11-9-18)26-31(28,29)21-3-1-2-20(12-21)25-22(27)15-30-14-17-6-4-16(13-24)5-7-17/h1-12,26H,14-15H2,(H,25,27). The van der Waals surface area contributed by atoms with Crippen molar-refractivity contribution in [1.82, 2.24) is 0 Å². The second-order valence-corrected chi connectivity index (χ2v) is 9.59. The minimum absolute atomic E-state index is 0.0329. The van der Waals surface area contributed by atoms with Crippen LogP contribution in [0.2, 0.25) is 5.02 Å². The molecule has 0 aliphatic heterocycles. The molecule has 0 aliphatic carbocycles. The summed E-state index contributed by atoms with van der Waals surface area (Å²) >= 11 is 7.25. The van der Waals surface area contributed by atoms with E-state index in [9.17, 15) is 13.2 Å². The molecule has 3 aromatic carbocycles. The summed E-state index contributed by atoms with van der Waals surface area (Å²) in [7, 11) is -3.82. The quantitative estimate of drug-likeness (QED) is 0.487. The molecule has 1 amide bonds. The van der Waals surface area contributed by atoms with Crippen molar-refractivity contribution in [3.8, 4) is 6.07 Å². The lowest BCUT2D eigenvalue weighted by Crippen LogP contribution is -2.16. The Morgan fingerprint density at radius 2 is 1.71 bits per heavy atom. The summed E-state index contributed by atoms with van der Waals surface area (Å²) in [5.74, 6) is 0.595. The van der Waals surface area contributed by atoms with Crippen molar-refractivity contribution < 1.29 is 13.2 Å². The Morgan fingerprint density at radius 3 is 2.39 bits per heavy atom. The molecular formula is C22H18ClN3O3S2. The van der Waals surface area contributed by atoms with Crippen LogP contribution < -0.4 is 10.0 Å². The number of thioether (sulfide) groups is 1. The monoisotopic (exact) mass is 471 g/mol. The highest BCUT2D eigenvalue weighted by Crippen LogP contribution is 2.21. The number of carbonyl (C=O) groups excluding carboxylic acids is 1. The Balaban J connectivity index is 1.57. The number of nitriles is 1. The Kier molecular flexibility index (Phi) is 7.58. The lowest BCUT2D eigenvalue weighted by atomic mass is 10.2. The minimum atomic E-state index is -3.82. The second-order valence-electron chi connectivity index (χ2n) is 6.49. The first-order chi connectivity index (χ1) is 14.9. The average molecular weight is 472 g/mol. The molecular weight excluding hydrogens is 454 g/mol. The van der Waals surface area contributed by atoms with Crippen molar-refractivity contribution in [1.29, 1.82) is 5.26 Å². The highest BCUT2D eigenvalue weighted by Gasteiger charge is 2.15. The number of halogens is 1. The predicted octanol–water partition coefficient (Wildman–Crippen LogP) is 4.88. The van der Waals surface area contributed by atoms with E-state index in [0.717, 1.165) is 5.56 Å². The second kappa shape index (κ2) is 10.4. The lowest BCUT2D eigenvalue weighted by Gasteiger charge is -2.10. The first-order valence-corrected chi connectivity index (χ1v) is 12.1. The highest BCUT2D eigenvalue weighted by molar-refractivity contribution is 7.99. The molecule has 0 bridgehead atoms. The maximum Gasteiger partial charge on any atom is 0.261 e. The molecule has 0 fully saturated rings. The van der Waals surface area contributed by atoms with Gasteiger partial charge in [-0.15, -0.1) is 11.8 Å². The molecule has 6 nitrogen and oxygen atoms in total. The molecule has 9 heteroatoms. The molecule has 31 heavy (non-hydrogen) atoms. The van der Waals surface area contributed by atoms with Crippen LogP contribution in [0.15, 0.2) is 77.7 Å². The summed E-state index contributed by atoms with van der Waals surface area (Å²) < 4.78 is 27.7. The number of benzene rings is 3. The first kappa shape index (κ1) is 22.7. The molecule has 0 heterocycles. The van der Waals surface area contributed by atoms with Crippen LogP contribution in [0.1, 0.15) is 11.1 Å². The van der Waals surface area contributed by atoms with Crippen LogP contribution in [-0.4, -0.2) is 20.1 Å². The minimum Gasteiger partial charge on any atom is -0.325 e. The fraction of sp³-hybridized carbons (Fsp3) is 0.0909. The normalized spacial score (nSPS) is 10.8. The third-order valence-corrected chi connectivity index (χ3v) is 6.74. The summed E-state index contributed by atoms with van der Waals surface area (Å²) in [6.45, 7) is 0. The number of nitrogens with one attached hydrogen (secondary N) is 2. The van der Waals surface area contributed by atoms with Gasteiger partial charge < -0.3 is 5.32 Å². The van der Waals surface area contributed by atoms with Crippen LogP contribution in [-0.2, 0) is 20.6 Å². The number of rotatable bonds is 8. The molecule has 0 aliphatic rings. The molecule has 3 rings (SSSR count). The molecule has 3 aromatic rings. The Morgan fingerprint density at radius 1 is 1.00 bits per heavy atom. The molecule has 0 unspecified atom stereocenters. The van der Waals surface area contributed by atoms with E-state index in [0.29, 0.717) is 27.7 Å². The Labute approximate surface area is 190 Å². The van der Waals surface area contributed by atoms with Gasteiger partial charge in [0.1, 0.15) is 0 Å². The fourth-order valence-corrected chi connectivity index (χ4v) is 4.63. The molecule has 0 saturated carbocycles. The molecule has 0 aromatic heterocycles. The molecule has 0 spiro atoms. The summed E-state index contributed by atoms with van der Waals surface area (Å²) in [6.07, 6.45) is 0. The zero-order valence-corrected chi connectivity index (χ0v) is 18.6. The van der Waals surface area contributed by atoms with Crippen LogP contribution in [0.5, 0.6) is 0 Å². The van der Waals surface area contributed by atoms with Gasteiger partial charge in [0.25, 0.3) is 10.0 Å². The van der Waals surface area contributed by atoms with E-state index in [1.807, 2.05) is 12.1 Å². The SMILES string of the molecule is N#Cc1ccc(CSCC(=O)Nc2cccc(S(=O)(=O)Nc3ccc(Cl)cc3)c2)cc1. The summed E-state index contributed by atoms with van der Waals surface area (Å²) in [5.41, 5.74) is 2.38. The Bertz CT molecular complexity index is 1210. The zero-order valence-electron chi connectivity index (χ0n) is 16.2. The van der Waals surface area contributed by atoms with Crippen LogP contribution >= 0.6 is 23.4 Å². The van der Waals surface area contributed by atoms with E-state index in [1.54, 1.807) is 48.5 Å². The maximum atomic E-state index is 12.6. The van der Waals surface area contributed by atoms with Crippen LogP contribution in [0.3, 0.4) is 0 Å². The van der Waals surface area contributed by atoms with Crippen molar-refractivity contribution in [2.45, 2.75) is 10.6 Å². The molecule has 2 N–H and O–H groups in total. The van der Waals surface area contributed by atoms with Gasteiger partial charge in [0.2, 0.25) is 5.91 Å². The van der Waals surface area contributed by atoms with Crippen LogP contribution in [0.25, 0.3) is 0 Å². The average Bonchev–Trinajstić information content (AvgIpc) is 2.76. The van der Waals surface area contributed by atoms with Gasteiger partial charge in [-0.1, -0.05) is 29.8 Å². The van der Waals surface area contributed by atoms with Crippen molar-refractivity contribution in [2.24, 2.45) is 0 Å². The summed E-state index contributed by atoms with van der Waals surface area (Å²) in [6, 6.07) is 21.6. The van der Waals surface area contributed by atoms with E-state index in [-0.39, 0.29) is 16.6 Å². The van der Waals surface area contributed by atoms with E-state index >= 15 is 0 Å². The summed E-state index contributed by atoms with van der Waals surface area (Å²) in [4.78, 5) is 12.3. The van der Waals surface area contributed by atoms with E-state index < -0.39 is 10.0 Å². The van der Waals surface area contributed by atoms with E-state index in [1.165, 1.54) is 23.9 Å². The molecule has 158 valence electrons. The van der Waals surface area contributed by atoms with Gasteiger partial charge in [-0.3, -0.25) is 9.52 Å². The topological polar surface area (TPSA) is 99.1 Å². The number of carbonyl (C=O) groups is 1. The van der Waals surface area contributed by atoms with Crippen LogP contribution in [0.4, 0.5) is 11.4 Å². The number of sulfonamides is 1. The van der Waals surface area contributed by atoms with E-state index in [2.05, 4.69) is 16.1 Å². The number of nitrogens with zero attached hydrogens (tertiary/aromatic N) is 1. The van der Waals surface area contributed by atoms with Gasteiger partial charge in [-0.05, 0) is 60.2 Å². The number of hydrogen-bond donors (Lipinski definition) is 2.